The van der Waals surface area contributed by atoms with Crippen LogP contribution in [0.5, 0.6) is 0 Å². The van der Waals surface area contributed by atoms with Crippen LogP contribution in [0.2, 0.25) is 0 Å². The number of rotatable bonds is 4. The molecule has 1 saturated heterocycles. The smallest absolute Gasteiger partial charge is 0.239 e. The summed E-state index contributed by atoms with van der Waals surface area (Å²) >= 11 is 0. The lowest BCUT2D eigenvalue weighted by atomic mass is 9.96. The molecular formula is C17H29Cl2N3O. The summed E-state index contributed by atoms with van der Waals surface area (Å²) in [6, 6.07) is 11.2. The minimum Gasteiger partial charge on any atom is -0.352 e. The minimum atomic E-state index is -0.801. The molecule has 0 saturated carbocycles. The quantitative estimate of drug-likeness (QED) is 0.866. The van der Waals surface area contributed by atoms with E-state index in [4.69, 9.17) is 5.73 Å². The highest BCUT2D eigenvalue weighted by atomic mass is 35.5. The van der Waals surface area contributed by atoms with E-state index >= 15 is 0 Å². The summed E-state index contributed by atoms with van der Waals surface area (Å²) in [5, 5.41) is 3.08. The van der Waals surface area contributed by atoms with Crippen LogP contribution in [-0.2, 0) is 11.3 Å². The van der Waals surface area contributed by atoms with E-state index in [1.165, 1.54) is 5.56 Å². The SMILES string of the molecule is CC1CC(NC(=O)C(C)(C)N)CCN1Cc1ccccc1.Cl.Cl. The molecule has 1 aliphatic heterocycles. The summed E-state index contributed by atoms with van der Waals surface area (Å²) in [5.74, 6) is -0.0591. The monoisotopic (exact) mass is 361 g/mol. The molecule has 1 amide bonds. The second-order valence-corrected chi connectivity index (χ2v) is 6.72. The molecule has 4 nitrogen and oxygen atoms in total. The van der Waals surface area contributed by atoms with Crippen LogP contribution in [-0.4, -0.2) is 35.0 Å². The Morgan fingerprint density at radius 3 is 2.43 bits per heavy atom. The summed E-state index contributed by atoms with van der Waals surface area (Å²) in [7, 11) is 0. The molecule has 132 valence electrons. The summed E-state index contributed by atoms with van der Waals surface area (Å²) < 4.78 is 0. The number of hydrogen-bond donors (Lipinski definition) is 2. The summed E-state index contributed by atoms with van der Waals surface area (Å²) in [4.78, 5) is 14.4. The zero-order valence-corrected chi connectivity index (χ0v) is 15.8. The molecule has 3 N–H and O–H groups in total. The van der Waals surface area contributed by atoms with Gasteiger partial charge in [0, 0.05) is 25.2 Å². The van der Waals surface area contributed by atoms with E-state index in [9.17, 15) is 4.79 Å². The van der Waals surface area contributed by atoms with Crippen molar-refractivity contribution < 1.29 is 4.79 Å². The molecule has 1 aliphatic rings. The van der Waals surface area contributed by atoms with E-state index in [2.05, 4.69) is 41.4 Å². The molecule has 1 heterocycles. The lowest BCUT2D eigenvalue weighted by molar-refractivity contribution is -0.126. The summed E-state index contributed by atoms with van der Waals surface area (Å²) in [5.41, 5.74) is 6.38. The third kappa shape index (κ3) is 6.68. The van der Waals surface area contributed by atoms with Crippen LogP contribution in [0.25, 0.3) is 0 Å². The molecule has 1 fully saturated rings. The van der Waals surface area contributed by atoms with Crippen molar-refractivity contribution in [1.82, 2.24) is 10.2 Å². The van der Waals surface area contributed by atoms with Gasteiger partial charge in [-0.3, -0.25) is 9.69 Å². The maximum absolute atomic E-state index is 12.0. The molecular weight excluding hydrogens is 333 g/mol. The van der Waals surface area contributed by atoms with Gasteiger partial charge in [-0.2, -0.15) is 0 Å². The van der Waals surface area contributed by atoms with E-state index in [0.29, 0.717) is 6.04 Å². The molecule has 2 unspecified atom stereocenters. The van der Waals surface area contributed by atoms with E-state index in [-0.39, 0.29) is 36.8 Å². The van der Waals surface area contributed by atoms with Gasteiger partial charge < -0.3 is 11.1 Å². The maximum atomic E-state index is 12.0. The van der Waals surface area contributed by atoms with Gasteiger partial charge in [0.25, 0.3) is 0 Å². The fourth-order valence-electron chi connectivity index (χ4n) is 2.78. The molecule has 0 bridgehead atoms. The lowest BCUT2D eigenvalue weighted by Crippen LogP contribution is -2.55. The van der Waals surface area contributed by atoms with Crippen molar-refractivity contribution >= 4 is 30.7 Å². The standard InChI is InChI=1S/C17H27N3O.2ClH/c1-13-11-15(19-16(21)17(2,3)18)9-10-20(13)12-14-7-5-4-6-8-14;;/h4-8,13,15H,9-12,18H2,1-3H3,(H,19,21);2*1H. The van der Waals surface area contributed by atoms with Gasteiger partial charge in [-0.15, -0.1) is 24.8 Å². The van der Waals surface area contributed by atoms with Crippen molar-refractivity contribution in [2.45, 2.75) is 57.8 Å². The number of halogens is 2. The van der Waals surface area contributed by atoms with E-state index in [0.717, 1.165) is 25.9 Å². The molecule has 2 rings (SSSR count). The Balaban J connectivity index is 0.00000242. The van der Waals surface area contributed by atoms with Crippen molar-refractivity contribution in [3.8, 4) is 0 Å². The first kappa shape index (κ1) is 22.2. The lowest BCUT2D eigenvalue weighted by Gasteiger charge is -2.38. The third-order valence-electron chi connectivity index (χ3n) is 4.16. The molecule has 2 atom stereocenters. The Bertz CT molecular complexity index is 476. The highest BCUT2D eigenvalue weighted by Gasteiger charge is 2.29. The Hall–Kier alpha value is -0.810. The normalized spacial score (nSPS) is 21.7. The van der Waals surface area contributed by atoms with Gasteiger partial charge in [0.2, 0.25) is 5.91 Å². The summed E-state index contributed by atoms with van der Waals surface area (Å²) in [6.45, 7) is 7.71. The second kappa shape index (κ2) is 9.48. The number of benzene rings is 1. The van der Waals surface area contributed by atoms with E-state index < -0.39 is 5.54 Å². The van der Waals surface area contributed by atoms with Crippen LogP contribution < -0.4 is 11.1 Å². The number of hydrogen-bond acceptors (Lipinski definition) is 3. The zero-order chi connectivity index (χ0) is 15.5. The number of amides is 1. The fraction of sp³-hybridized carbons (Fsp3) is 0.588. The van der Waals surface area contributed by atoms with Crippen LogP contribution >= 0.6 is 24.8 Å². The molecule has 23 heavy (non-hydrogen) atoms. The number of piperidine rings is 1. The topological polar surface area (TPSA) is 58.4 Å². The van der Waals surface area contributed by atoms with E-state index in [1.54, 1.807) is 13.8 Å². The molecule has 6 heteroatoms. The molecule has 0 spiro atoms. The van der Waals surface area contributed by atoms with Gasteiger partial charge >= 0.3 is 0 Å². The molecule has 1 aromatic carbocycles. The fourth-order valence-corrected chi connectivity index (χ4v) is 2.78. The van der Waals surface area contributed by atoms with Crippen molar-refractivity contribution in [2.24, 2.45) is 5.73 Å². The minimum absolute atomic E-state index is 0. The number of nitrogens with one attached hydrogen (secondary N) is 1. The van der Waals surface area contributed by atoms with Crippen molar-refractivity contribution in [3.63, 3.8) is 0 Å². The second-order valence-electron chi connectivity index (χ2n) is 6.72. The summed E-state index contributed by atoms with van der Waals surface area (Å²) in [6.07, 6.45) is 1.97. The van der Waals surface area contributed by atoms with Crippen molar-refractivity contribution in [2.75, 3.05) is 6.54 Å². The van der Waals surface area contributed by atoms with Crippen molar-refractivity contribution in [3.05, 3.63) is 35.9 Å². The number of nitrogens with two attached hydrogens (primary N) is 1. The van der Waals surface area contributed by atoms with Crippen LogP contribution in [0.15, 0.2) is 30.3 Å². The Morgan fingerprint density at radius 2 is 1.91 bits per heavy atom. The average Bonchev–Trinajstić information content (AvgIpc) is 2.42. The molecule has 0 aliphatic carbocycles. The highest BCUT2D eigenvalue weighted by Crippen LogP contribution is 2.20. The highest BCUT2D eigenvalue weighted by molar-refractivity contribution is 5.86. The first-order valence-electron chi connectivity index (χ1n) is 7.74. The van der Waals surface area contributed by atoms with Crippen molar-refractivity contribution in [1.29, 1.82) is 0 Å². The predicted octanol–water partition coefficient (Wildman–Crippen LogP) is 2.74. The van der Waals surface area contributed by atoms with Gasteiger partial charge in [-0.1, -0.05) is 30.3 Å². The number of carbonyl (C=O) groups excluding carboxylic acids is 1. The zero-order valence-electron chi connectivity index (χ0n) is 14.1. The van der Waals surface area contributed by atoms with Gasteiger partial charge in [0.1, 0.15) is 0 Å². The van der Waals surface area contributed by atoms with Gasteiger partial charge in [0.05, 0.1) is 5.54 Å². The number of likely N-dealkylation sites (tertiary alicyclic amines) is 1. The Kier molecular flexibility index (Phi) is 9.14. The Morgan fingerprint density at radius 1 is 1.30 bits per heavy atom. The molecule has 0 radical (unpaired) electrons. The van der Waals surface area contributed by atoms with Crippen LogP contribution in [0.3, 0.4) is 0 Å². The third-order valence-corrected chi connectivity index (χ3v) is 4.16. The van der Waals surface area contributed by atoms with Gasteiger partial charge in [-0.25, -0.2) is 0 Å². The number of nitrogens with zero attached hydrogens (tertiary/aromatic N) is 1. The molecule has 1 aromatic rings. The molecule has 0 aromatic heterocycles. The van der Waals surface area contributed by atoms with Crippen LogP contribution in [0.4, 0.5) is 0 Å². The van der Waals surface area contributed by atoms with Gasteiger partial charge in [-0.05, 0) is 39.2 Å². The van der Waals surface area contributed by atoms with Crippen LogP contribution in [0.1, 0.15) is 39.2 Å². The number of carbonyl (C=O) groups is 1. The van der Waals surface area contributed by atoms with Gasteiger partial charge in [0.15, 0.2) is 0 Å². The Labute approximate surface area is 152 Å². The first-order chi connectivity index (χ1) is 9.86. The largest absolute Gasteiger partial charge is 0.352 e. The first-order valence-corrected chi connectivity index (χ1v) is 7.74. The van der Waals surface area contributed by atoms with E-state index in [1.807, 2.05) is 6.07 Å². The predicted molar refractivity (Wildman–Crippen MR) is 100 cm³/mol. The average molecular weight is 362 g/mol. The maximum Gasteiger partial charge on any atom is 0.239 e. The van der Waals surface area contributed by atoms with Crippen LogP contribution in [0, 0.1) is 0 Å².